The highest BCUT2D eigenvalue weighted by molar-refractivity contribution is 7.14. The molecule has 0 saturated heterocycles. The molecule has 0 bridgehead atoms. The van der Waals surface area contributed by atoms with E-state index >= 15 is 0 Å². The monoisotopic (exact) mass is 472 g/mol. The van der Waals surface area contributed by atoms with Crippen molar-refractivity contribution in [2.45, 2.75) is 19.1 Å². The van der Waals surface area contributed by atoms with Gasteiger partial charge in [0.2, 0.25) is 0 Å². The summed E-state index contributed by atoms with van der Waals surface area (Å²) >= 11 is 7.71. The van der Waals surface area contributed by atoms with E-state index in [-0.39, 0.29) is 5.76 Å². The number of rotatable bonds is 7. The third-order valence-electron chi connectivity index (χ3n) is 4.97. The van der Waals surface area contributed by atoms with Crippen LogP contribution in [0.15, 0.2) is 52.9 Å². The van der Waals surface area contributed by atoms with Crippen molar-refractivity contribution in [3.63, 3.8) is 0 Å². The van der Waals surface area contributed by atoms with Gasteiger partial charge in [0.15, 0.2) is 0 Å². The second kappa shape index (κ2) is 9.30. The first kappa shape index (κ1) is 22.3. The Hall–Kier alpha value is -2.91. The molecule has 2 N–H and O–H groups in total. The van der Waals surface area contributed by atoms with Gasteiger partial charge in [0, 0.05) is 11.1 Å². The number of furan rings is 1. The van der Waals surface area contributed by atoms with E-state index in [0.29, 0.717) is 33.4 Å². The van der Waals surface area contributed by atoms with Crippen LogP contribution in [0.5, 0.6) is 11.5 Å². The fraction of sp³-hybridized carbons (Fsp3) is 0.217. The molecule has 2 unspecified atom stereocenters. The van der Waals surface area contributed by atoms with E-state index in [4.69, 9.17) is 25.5 Å². The van der Waals surface area contributed by atoms with E-state index in [9.17, 15) is 10.2 Å². The van der Waals surface area contributed by atoms with Crippen molar-refractivity contribution in [2.24, 2.45) is 0 Å². The van der Waals surface area contributed by atoms with E-state index in [1.165, 1.54) is 25.6 Å². The molecule has 166 valence electrons. The second-order valence-corrected chi connectivity index (χ2v) is 8.59. The maximum atomic E-state index is 10.7. The molecule has 9 heteroatoms. The number of aryl methyl sites for hydroxylation is 1. The molecule has 7 nitrogen and oxygen atoms in total. The van der Waals surface area contributed by atoms with Crippen LogP contribution in [0.3, 0.4) is 0 Å². The van der Waals surface area contributed by atoms with Crippen LogP contribution in [0.2, 0.25) is 5.02 Å². The van der Waals surface area contributed by atoms with Gasteiger partial charge in [-0.1, -0.05) is 47.2 Å². The molecule has 0 saturated carbocycles. The number of hydrogen-bond acceptors (Lipinski definition) is 8. The lowest BCUT2D eigenvalue weighted by Crippen LogP contribution is -2.09. The number of benzene rings is 2. The molecule has 2 aromatic carbocycles. The number of hydrogen-bond donors (Lipinski definition) is 2. The number of aliphatic hydroxyl groups excluding tert-OH is 2. The highest BCUT2D eigenvalue weighted by Crippen LogP contribution is 2.40. The summed E-state index contributed by atoms with van der Waals surface area (Å²) < 4.78 is 16.4. The predicted molar refractivity (Wildman–Crippen MR) is 122 cm³/mol. The van der Waals surface area contributed by atoms with Crippen molar-refractivity contribution in [1.82, 2.24) is 10.2 Å². The quantitative estimate of drug-likeness (QED) is 0.381. The zero-order valence-electron chi connectivity index (χ0n) is 17.6. The first-order valence-electron chi connectivity index (χ1n) is 9.69. The molecular formula is C23H21ClN2O5S. The van der Waals surface area contributed by atoms with Crippen LogP contribution >= 0.6 is 22.9 Å². The Morgan fingerprint density at radius 1 is 0.906 bits per heavy atom. The molecule has 0 fully saturated rings. The van der Waals surface area contributed by atoms with Gasteiger partial charge in [-0.2, -0.15) is 0 Å². The molecule has 0 spiro atoms. The minimum atomic E-state index is -1.26. The highest BCUT2D eigenvalue weighted by atomic mass is 35.5. The third-order valence-corrected chi connectivity index (χ3v) is 6.23. The van der Waals surface area contributed by atoms with Crippen LogP contribution in [0, 0.1) is 6.92 Å². The molecule has 0 amide bonds. The van der Waals surface area contributed by atoms with Gasteiger partial charge in [-0.3, -0.25) is 0 Å². The van der Waals surface area contributed by atoms with Gasteiger partial charge < -0.3 is 24.1 Å². The lowest BCUT2D eigenvalue weighted by molar-refractivity contribution is 0.00453. The predicted octanol–water partition coefficient (Wildman–Crippen LogP) is 5.21. The van der Waals surface area contributed by atoms with E-state index in [1.807, 2.05) is 19.1 Å². The Morgan fingerprint density at radius 3 is 2.12 bits per heavy atom. The maximum absolute atomic E-state index is 10.7. The normalized spacial score (nSPS) is 13.1. The van der Waals surface area contributed by atoms with E-state index in [2.05, 4.69) is 10.2 Å². The van der Waals surface area contributed by atoms with Crippen LogP contribution in [0.25, 0.3) is 21.9 Å². The van der Waals surface area contributed by atoms with Crippen molar-refractivity contribution in [3.05, 3.63) is 69.9 Å². The van der Waals surface area contributed by atoms with Gasteiger partial charge in [-0.05, 0) is 36.8 Å². The van der Waals surface area contributed by atoms with Gasteiger partial charge in [-0.15, -0.1) is 10.2 Å². The molecule has 4 aromatic rings. The lowest BCUT2D eigenvalue weighted by atomic mass is 10.0. The van der Waals surface area contributed by atoms with Gasteiger partial charge in [0.05, 0.1) is 14.2 Å². The van der Waals surface area contributed by atoms with Gasteiger partial charge in [0.25, 0.3) is 0 Å². The fourth-order valence-corrected chi connectivity index (χ4v) is 4.21. The van der Waals surface area contributed by atoms with Crippen LogP contribution in [0.4, 0.5) is 0 Å². The summed E-state index contributed by atoms with van der Waals surface area (Å²) in [5, 5.41) is 31.6. The van der Waals surface area contributed by atoms with Gasteiger partial charge >= 0.3 is 0 Å². The summed E-state index contributed by atoms with van der Waals surface area (Å²) in [5.41, 5.74) is 2.11. The number of nitrogens with zero attached hydrogens (tertiary/aromatic N) is 2. The topological polar surface area (TPSA) is 97.8 Å². The van der Waals surface area contributed by atoms with Gasteiger partial charge in [-0.25, -0.2) is 0 Å². The maximum Gasteiger partial charge on any atom is 0.147 e. The Kier molecular flexibility index (Phi) is 6.48. The standard InChI is InChI=1S/C23H21ClN2O5S/c1-12-25-26-23(32-12)14-6-4-13(5-7-14)21(27)22(28)17-9-8-16(31-17)15-10-18(29-2)20(24)19(11-15)30-3/h4-11,21-22,27-28H,1-3H3. The summed E-state index contributed by atoms with van der Waals surface area (Å²) in [6.45, 7) is 1.89. The number of aliphatic hydroxyl groups is 2. The minimum absolute atomic E-state index is 0.226. The Labute approximate surface area is 193 Å². The average molecular weight is 473 g/mol. The molecule has 2 atom stereocenters. The van der Waals surface area contributed by atoms with Crippen LogP contribution in [-0.2, 0) is 0 Å². The van der Waals surface area contributed by atoms with Crippen molar-refractivity contribution < 1.29 is 24.1 Å². The summed E-state index contributed by atoms with van der Waals surface area (Å²) in [6.07, 6.45) is -2.43. The van der Waals surface area contributed by atoms with Crippen LogP contribution < -0.4 is 9.47 Å². The zero-order chi connectivity index (χ0) is 22.8. The van der Waals surface area contributed by atoms with Crippen molar-refractivity contribution in [3.8, 4) is 33.4 Å². The average Bonchev–Trinajstić information content (AvgIpc) is 3.48. The molecular weight excluding hydrogens is 452 g/mol. The Balaban J connectivity index is 1.55. The molecule has 4 rings (SSSR count). The van der Waals surface area contributed by atoms with Crippen LogP contribution in [0.1, 0.15) is 28.5 Å². The minimum Gasteiger partial charge on any atom is -0.495 e. The number of halogens is 1. The largest absolute Gasteiger partial charge is 0.495 e. The smallest absolute Gasteiger partial charge is 0.147 e. The number of aromatic nitrogens is 2. The third kappa shape index (κ3) is 4.35. The summed E-state index contributed by atoms with van der Waals surface area (Å²) in [4.78, 5) is 0. The number of ether oxygens (including phenoxy) is 2. The lowest BCUT2D eigenvalue weighted by Gasteiger charge is -2.16. The fourth-order valence-electron chi connectivity index (χ4n) is 3.25. The Bertz CT molecular complexity index is 1200. The van der Waals surface area contributed by atoms with E-state index in [1.54, 1.807) is 36.4 Å². The molecule has 32 heavy (non-hydrogen) atoms. The Morgan fingerprint density at radius 2 is 1.56 bits per heavy atom. The summed E-state index contributed by atoms with van der Waals surface area (Å²) in [7, 11) is 3.02. The first-order valence-corrected chi connectivity index (χ1v) is 10.9. The molecule has 0 aliphatic carbocycles. The number of methoxy groups -OCH3 is 2. The van der Waals surface area contributed by atoms with Crippen molar-refractivity contribution >= 4 is 22.9 Å². The molecule has 0 aliphatic heterocycles. The molecule has 2 aromatic heterocycles. The molecule has 2 heterocycles. The van der Waals surface area contributed by atoms with E-state index in [0.717, 1.165) is 15.6 Å². The molecule has 0 aliphatic rings. The van der Waals surface area contributed by atoms with Crippen molar-refractivity contribution in [1.29, 1.82) is 0 Å². The zero-order valence-corrected chi connectivity index (χ0v) is 19.1. The van der Waals surface area contributed by atoms with E-state index < -0.39 is 12.2 Å². The first-order chi connectivity index (χ1) is 15.4. The summed E-state index contributed by atoms with van der Waals surface area (Å²) in [6, 6.07) is 13.9. The van der Waals surface area contributed by atoms with Gasteiger partial charge in [0.1, 0.15) is 50.3 Å². The SMILES string of the molecule is COc1cc(-c2ccc(C(O)C(O)c3ccc(-c4nnc(C)s4)cc3)o2)cc(OC)c1Cl. The van der Waals surface area contributed by atoms with Crippen molar-refractivity contribution in [2.75, 3.05) is 14.2 Å². The highest BCUT2D eigenvalue weighted by Gasteiger charge is 2.24. The molecule has 0 radical (unpaired) electrons. The summed E-state index contributed by atoms with van der Waals surface area (Å²) in [5.74, 6) is 1.57. The second-order valence-electron chi connectivity index (χ2n) is 7.03. The van der Waals surface area contributed by atoms with Crippen LogP contribution in [-0.4, -0.2) is 34.6 Å².